The molecule has 0 radical (unpaired) electrons. The van der Waals surface area contributed by atoms with E-state index in [1.165, 1.54) is 4.57 Å². The Labute approximate surface area is 156 Å². The fourth-order valence-corrected chi connectivity index (χ4v) is 3.06. The maximum Gasteiger partial charge on any atom is 0.294 e. The molecule has 0 bridgehead atoms. The number of nitrogens with one attached hydrogen (secondary N) is 1. The molecule has 1 N–H and O–H groups in total. The van der Waals surface area contributed by atoms with Crippen LogP contribution < -0.4 is 10.9 Å². The van der Waals surface area contributed by atoms with Crippen molar-refractivity contribution in [3.8, 4) is 11.3 Å². The summed E-state index contributed by atoms with van der Waals surface area (Å²) in [7, 11) is 3.29. The fraction of sp³-hybridized carbons (Fsp3) is 0.421. The van der Waals surface area contributed by atoms with E-state index in [-0.39, 0.29) is 28.9 Å². The number of methoxy groups -OCH3 is 1. The molecule has 27 heavy (non-hydrogen) atoms. The van der Waals surface area contributed by atoms with Gasteiger partial charge in [-0.3, -0.25) is 14.0 Å². The van der Waals surface area contributed by atoms with Crippen LogP contribution in [0.4, 0.5) is 0 Å². The van der Waals surface area contributed by atoms with Crippen LogP contribution in [0, 0.1) is 13.8 Å². The Morgan fingerprint density at radius 1 is 1.37 bits per heavy atom. The van der Waals surface area contributed by atoms with E-state index in [2.05, 4.69) is 10.3 Å². The number of hydrogen-bond donors (Lipinski definition) is 1. The van der Waals surface area contributed by atoms with Crippen LogP contribution >= 0.6 is 0 Å². The maximum absolute atomic E-state index is 12.7. The molecule has 1 amide bonds. The van der Waals surface area contributed by atoms with Gasteiger partial charge >= 0.3 is 0 Å². The molecule has 8 heteroatoms. The summed E-state index contributed by atoms with van der Waals surface area (Å²) in [6.45, 7) is 6.08. The van der Waals surface area contributed by atoms with Gasteiger partial charge in [-0.1, -0.05) is 6.92 Å². The number of aromatic nitrogens is 3. The van der Waals surface area contributed by atoms with E-state index >= 15 is 0 Å². The lowest BCUT2D eigenvalue weighted by molar-refractivity contribution is 0.0812. The van der Waals surface area contributed by atoms with Gasteiger partial charge in [-0.2, -0.15) is 0 Å². The second-order valence-corrected chi connectivity index (χ2v) is 6.54. The summed E-state index contributed by atoms with van der Waals surface area (Å²) in [6.07, 6.45) is 4.07. The predicted molar refractivity (Wildman–Crippen MR) is 101 cm³/mol. The van der Waals surface area contributed by atoms with Gasteiger partial charge in [0.15, 0.2) is 0 Å². The SMILES string of the molecule is CC[C@H](CNC(=O)c1cn2cc(-c3cc(C)oc3C)n(C)c(=O)c2n1)OC. The van der Waals surface area contributed by atoms with Crippen molar-refractivity contribution in [2.75, 3.05) is 13.7 Å². The zero-order chi connectivity index (χ0) is 19.7. The van der Waals surface area contributed by atoms with Crippen LogP contribution in [-0.2, 0) is 11.8 Å². The van der Waals surface area contributed by atoms with Crippen molar-refractivity contribution in [2.45, 2.75) is 33.3 Å². The molecule has 1 atom stereocenters. The van der Waals surface area contributed by atoms with Gasteiger partial charge in [-0.25, -0.2) is 4.98 Å². The van der Waals surface area contributed by atoms with Gasteiger partial charge in [0.2, 0.25) is 5.65 Å². The summed E-state index contributed by atoms with van der Waals surface area (Å²) < 4.78 is 13.9. The number of nitrogens with zero attached hydrogens (tertiary/aromatic N) is 3. The van der Waals surface area contributed by atoms with Crippen LogP contribution in [0.25, 0.3) is 16.9 Å². The summed E-state index contributed by atoms with van der Waals surface area (Å²) in [5.74, 6) is 1.16. The average Bonchev–Trinajstić information content (AvgIpc) is 3.21. The first-order chi connectivity index (χ1) is 12.8. The zero-order valence-corrected chi connectivity index (χ0v) is 16.2. The Kier molecular flexibility index (Phi) is 5.18. The van der Waals surface area contributed by atoms with Gasteiger partial charge in [0.1, 0.15) is 17.2 Å². The largest absolute Gasteiger partial charge is 0.466 e. The summed E-state index contributed by atoms with van der Waals surface area (Å²) in [5.41, 5.74) is 1.63. The number of fused-ring (bicyclic) bond motifs is 1. The number of rotatable bonds is 6. The molecule has 0 aromatic carbocycles. The van der Waals surface area contributed by atoms with E-state index in [1.807, 2.05) is 26.8 Å². The lowest BCUT2D eigenvalue weighted by atomic mass is 10.2. The Bertz CT molecular complexity index is 1040. The minimum atomic E-state index is -0.340. The summed E-state index contributed by atoms with van der Waals surface area (Å²) in [6, 6.07) is 1.89. The lowest BCUT2D eigenvalue weighted by Crippen LogP contribution is -2.33. The van der Waals surface area contributed by atoms with Crippen molar-refractivity contribution in [3.63, 3.8) is 0 Å². The fourth-order valence-electron chi connectivity index (χ4n) is 3.06. The number of carbonyl (C=O) groups excluding carboxylic acids is 1. The molecule has 0 aliphatic carbocycles. The molecule has 0 aliphatic heterocycles. The van der Waals surface area contributed by atoms with Crippen molar-refractivity contribution < 1.29 is 13.9 Å². The molecule has 0 saturated carbocycles. The highest BCUT2D eigenvalue weighted by molar-refractivity contribution is 5.92. The third kappa shape index (κ3) is 3.52. The molecule has 0 saturated heterocycles. The van der Waals surface area contributed by atoms with E-state index in [9.17, 15) is 9.59 Å². The topological polar surface area (TPSA) is 90.8 Å². The second kappa shape index (κ2) is 7.40. The Morgan fingerprint density at radius 2 is 2.11 bits per heavy atom. The second-order valence-electron chi connectivity index (χ2n) is 6.54. The Hall–Kier alpha value is -2.87. The molecule has 8 nitrogen and oxygen atoms in total. The molecule has 3 rings (SSSR count). The number of amides is 1. The monoisotopic (exact) mass is 372 g/mol. The van der Waals surface area contributed by atoms with Crippen LogP contribution in [-0.4, -0.2) is 39.6 Å². The van der Waals surface area contributed by atoms with E-state index in [1.54, 1.807) is 31.0 Å². The first kappa shape index (κ1) is 18.9. The number of aryl methyl sites for hydroxylation is 2. The van der Waals surface area contributed by atoms with E-state index < -0.39 is 0 Å². The smallest absolute Gasteiger partial charge is 0.294 e. The van der Waals surface area contributed by atoms with Gasteiger partial charge in [0, 0.05) is 38.7 Å². The van der Waals surface area contributed by atoms with Crippen molar-refractivity contribution in [2.24, 2.45) is 7.05 Å². The van der Waals surface area contributed by atoms with E-state index in [4.69, 9.17) is 9.15 Å². The first-order valence-corrected chi connectivity index (χ1v) is 8.82. The molecule has 0 aliphatic rings. The lowest BCUT2D eigenvalue weighted by Gasteiger charge is -2.12. The van der Waals surface area contributed by atoms with E-state index in [0.717, 1.165) is 23.5 Å². The predicted octanol–water partition coefficient (Wildman–Crippen LogP) is 2.06. The molecule has 0 spiro atoms. The van der Waals surface area contributed by atoms with Gasteiger partial charge in [0.25, 0.3) is 11.5 Å². The molecule has 144 valence electrons. The summed E-state index contributed by atoms with van der Waals surface area (Å²) >= 11 is 0. The van der Waals surface area contributed by atoms with Crippen LogP contribution in [0.3, 0.4) is 0 Å². The quantitative estimate of drug-likeness (QED) is 0.715. The number of hydrogen-bond acceptors (Lipinski definition) is 5. The molecule has 3 heterocycles. The standard InChI is InChI=1S/C19H24N4O4/c1-6-13(26-5)8-20-18(24)15-9-23-10-16(14-7-11(2)27-12(14)3)22(4)19(25)17(23)21-15/h7,9-10,13H,6,8H2,1-5H3,(H,20,24)/t13-/m1/s1. The van der Waals surface area contributed by atoms with Crippen LogP contribution in [0.2, 0.25) is 0 Å². The number of ether oxygens (including phenoxy) is 1. The van der Waals surface area contributed by atoms with Gasteiger partial charge in [-0.05, 0) is 26.3 Å². The molecule has 3 aromatic rings. The molecular weight excluding hydrogens is 348 g/mol. The van der Waals surface area contributed by atoms with Gasteiger partial charge in [0.05, 0.1) is 11.8 Å². The highest BCUT2D eigenvalue weighted by Crippen LogP contribution is 2.25. The van der Waals surface area contributed by atoms with Crippen molar-refractivity contribution in [1.82, 2.24) is 19.3 Å². The zero-order valence-electron chi connectivity index (χ0n) is 16.2. The van der Waals surface area contributed by atoms with Crippen molar-refractivity contribution >= 4 is 11.6 Å². The highest BCUT2D eigenvalue weighted by Gasteiger charge is 2.18. The average molecular weight is 372 g/mol. The molecular formula is C19H24N4O4. The first-order valence-electron chi connectivity index (χ1n) is 8.82. The van der Waals surface area contributed by atoms with Crippen molar-refractivity contribution in [3.05, 3.63) is 46.0 Å². The van der Waals surface area contributed by atoms with Crippen LogP contribution in [0.15, 0.2) is 27.7 Å². The van der Waals surface area contributed by atoms with Crippen LogP contribution in [0.5, 0.6) is 0 Å². The summed E-state index contributed by atoms with van der Waals surface area (Å²) in [4.78, 5) is 29.3. The van der Waals surface area contributed by atoms with Gasteiger partial charge < -0.3 is 19.0 Å². The third-order valence-corrected chi connectivity index (χ3v) is 4.68. The molecule has 0 unspecified atom stereocenters. The van der Waals surface area contributed by atoms with Crippen LogP contribution in [0.1, 0.15) is 35.4 Å². The highest BCUT2D eigenvalue weighted by atomic mass is 16.5. The van der Waals surface area contributed by atoms with Crippen molar-refractivity contribution in [1.29, 1.82) is 0 Å². The van der Waals surface area contributed by atoms with Gasteiger partial charge in [-0.15, -0.1) is 0 Å². The molecule has 3 aromatic heterocycles. The number of carbonyl (C=O) groups is 1. The summed E-state index contributed by atoms with van der Waals surface area (Å²) in [5, 5.41) is 2.79. The Morgan fingerprint density at radius 3 is 2.70 bits per heavy atom. The number of imidazole rings is 1. The normalized spacial score (nSPS) is 12.5. The Balaban J connectivity index is 1.98. The minimum absolute atomic E-state index is 0.0576. The van der Waals surface area contributed by atoms with E-state index in [0.29, 0.717) is 12.2 Å². The number of furan rings is 1. The maximum atomic E-state index is 12.7. The molecule has 0 fully saturated rings. The third-order valence-electron chi connectivity index (χ3n) is 4.68. The minimum Gasteiger partial charge on any atom is -0.466 e.